The van der Waals surface area contributed by atoms with Crippen molar-refractivity contribution in [3.05, 3.63) is 58.6 Å². The van der Waals surface area contributed by atoms with Crippen molar-refractivity contribution >= 4 is 17.5 Å². The number of carbonyl (C=O) groups is 1. The van der Waals surface area contributed by atoms with Crippen LogP contribution < -0.4 is 5.01 Å². The number of hydrogen-bond donors (Lipinski definition) is 1. The smallest absolute Gasteiger partial charge is 0.416 e. The van der Waals surface area contributed by atoms with Gasteiger partial charge in [0.2, 0.25) is 0 Å². The Kier molecular flexibility index (Phi) is 4.06. The van der Waals surface area contributed by atoms with Crippen LogP contribution in [0.4, 0.5) is 24.7 Å². The summed E-state index contributed by atoms with van der Waals surface area (Å²) in [5, 5.41) is 12.1. The molecule has 1 heterocycles. The first-order valence-corrected chi connectivity index (χ1v) is 5.83. The predicted octanol–water partition coefficient (Wildman–Crippen LogP) is 3.62. The minimum absolute atomic E-state index is 0.244. The van der Waals surface area contributed by atoms with Crippen LogP contribution in [0.2, 0.25) is 0 Å². The first-order valence-electron chi connectivity index (χ1n) is 5.83. The Morgan fingerprint density at radius 3 is 2.55 bits per heavy atom. The van der Waals surface area contributed by atoms with Gasteiger partial charge in [-0.05, 0) is 30.3 Å². The van der Waals surface area contributed by atoms with Crippen molar-refractivity contribution in [2.45, 2.75) is 6.18 Å². The molecular formula is C13H8F3N3O3. The quantitative estimate of drug-likeness (QED) is 0.689. The fourth-order valence-electron chi connectivity index (χ4n) is 1.75. The van der Waals surface area contributed by atoms with Gasteiger partial charge in [0.15, 0.2) is 5.82 Å². The average molecular weight is 311 g/mol. The molecule has 2 rings (SSSR count). The van der Waals surface area contributed by atoms with Crippen molar-refractivity contribution in [3.63, 3.8) is 0 Å². The summed E-state index contributed by atoms with van der Waals surface area (Å²) in [7, 11) is 0. The van der Waals surface area contributed by atoms with E-state index in [-0.39, 0.29) is 17.1 Å². The van der Waals surface area contributed by atoms with Gasteiger partial charge in [-0.3, -0.25) is 0 Å². The van der Waals surface area contributed by atoms with Gasteiger partial charge < -0.3 is 5.11 Å². The van der Waals surface area contributed by atoms with Gasteiger partial charge in [0, 0.05) is 6.20 Å². The number of hydrogen-bond acceptors (Lipinski definition) is 4. The topological polar surface area (TPSA) is 82.9 Å². The van der Waals surface area contributed by atoms with Crippen molar-refractivity contribution in [2.24, 2.45) is 5.29 Å². The van der Waals surface area contributed by atoms with Gasteiger partial charge in [-0.15, -0.1) is 4.91 Å². The van der Waals surface area contributed by atoms with E-state index in [1.54, 1.807) is 0 Å². The van der Waals surface area contributed by atoms with Gasteiger partial charge in [-0.25, -0.2) is 9.78 Å². The number of nitroso groups, excluding NO2 is 1. The fraction of sp³-hybridized carbons (Fsp3) is 0.0769. The number of carboxylic acids is 1. The monoisotopic (exact) mass is 311 g/mol. The molecule has 0 aliphatic carbocycles. The summed E-state index contributed by atoms with van der Waals surface area (Å²) >= 11 is 0. The van der Waals surface area contributed by atoms with E-state index in [1.807, 2.05) is 0 Å². The summed E-state index contributed by atoms with van der Waals surface area (Å²) in [6.45, 7) is 0. The van der Waals surface area contributed by atoms with Gasteiger partial charge in [0.1, 0.15) is 5.56 Å². The van der Waals surface area contributed by atoms with E-state index in [9.17, 15) is 22.9 Å². The number of pyridine rings is 1. The Balaban J connectivity index is 2.55. The van der Waals surface area contributed by atoms with Crippen LogP contribution in [0.15, 0.2) is 47.9 Å². The van der Waals surface area contributed by atoms with Crippen molar-refractivity contribution in [1.82, 2.24) is 4.98 Å². The molecule has 0 aliphatic heterocycles. The van der Waals surface area contributed by atoms with Crippen LogP contribution in [-0.2, 0) is 6.18 Å². The Bertz CT molecular complexity index is 719. The lowest BCUT2D eigenvalue weighted by Gasteiger charge is -2.17. The minimum Gasteiger partial charge on any atom is -0.478 e. The molecule has 1 aromatic heterocycles. The standard InChI is InChI=1S/C13H8F3N3O3/c14-13(15,16)8-3-1-4-9(7-8)19(18-22)11-10(12(20)21)5-2-6-17-11/h1-7H,(H,20,21). The van der Waals surface area contributed by atoms with E-state index in [0.29, 0.717) is 11.1 Å². The lowest BCUT2D eigenvalue weighted by atomic mass is 10.2. The Morgan fingerprint density at radius 2 is 1.95 bits per heavy atom. The predicted molar refractivity (Wildman–Crippen MR) is 70.6 cm³/mol. The highest BCUT2D eigenvalue weighted by Crippen LogP contribution is 2.34. The van der Waals surface area contributed by atoms with Crippen LogP contribution in [0.3, 0.4) is 0 Å². The highest BCUT2D eigenvalue weighted by molar-refractivity contribution is 5.94. The molecule has 0 bridgehead atoms. The number of benzene rings is 1. The summed E-state index contributed by atoms with van der Waals surface area (Å²) in [6.07, 6.45) is -3.40. The van der Waals surface area contributed by atoms with Crippen LogP contribution in [0.1, 0.15) is 15.9 Å². The van der Waals surface area contributed by atoms with Gasteiger partial charge in [-0.1, -0.05) is 6.07 Å². The molecular weight excluding hydrogens is 303 g/mol. The Labute approximate surface area is 121 Å². The van der Waals surface area contributed by atoms with Crippen molar-refractivity contribution in [2.75, 3.05) is 5.01 Å². The van der Waals surface area contributed by atoms with E-state index >= 15 is 0 Å². The second-order valence-corrected chi connectivity index (χ2v) is 4.12. The molecule has 0 saturated heterocycles. The molecule has 9 heteroatoms. The number of anilines is 2. The highest BCUT2D eigenvalue weighted by Gasteiger charge is 2.31. The minimum atomic E-state index is -4.61. The number of aromatic carboxylic acids is 1. The largest absolute Gasteiger partial charge is 0.478 e. The van der Waals surface area contributed by atoms with Crippen molar-refractivity contribution in [1.29, 1.82) is 0 Å². The summed E-state index contributed by atoms with van der Waals surface area (Å²) in [6, 6.07) is 6.26. The first-order chi connectivity index (χ1) is 10.3. The molecule has 0 spiro atoms. The summed E-state index contributed by atoms with van der Waals surface area (Å²) in [5.41, 5.74) is -1.60. The third-order valence-corrected chi connectivity index (χ3v) is 2.72. The highest BCUT2D eigenvalue weighted by atomic mass is 19.4. The lowest BCUT2D eigenvalue weighted by Crippen LogP contribution is -2.15. The van der Waals surface area contributed by atoms with Crippen LogP contribution >= 0.6 is 0 Å². The molecule has 0 amide bonds. The van der Waals surface area contributed by atoms with Gasteiger partial charge in [0.05, 0.1) is 16.5 Å². The zero-order valence-electron chi connectivity index (χ0n) is 10.8. The number of alkyl halides is 3. The summed E-state index contributed by atoms with van der Waals surface area (Å²) in [5.74, 6) is -1.76. The molecule has 0 atom stereocenters. The second-order valence-electron chi connectivity index (χ2n) is 4.12. The molecule has 0 radical (unpaired) electrons. The summed E-state index contributed by atoms with van der Waals surface area (Å²) in [4.78, 5) is 25.8. The maximum Gasteiger partial charge on any atom is 0.416 e. The zero-order valence-corrected chi connectivity index (χ0v) is 10.8. The van der Waals surface area contributed by atoms with Crippen LogP contribution in [-0.4, -0.2) is 16.1 Å². The van der Waals surface area contributed by atoms with Gasteiger partial charge in [0.25, 0.3) is 0 Å². The first kappa shape index (κ1) is 15.4. The number of aromatic nitrogens is 1. The van der Waals surface area contributed by atoms with Crippen LogP contribution in [0.5, 0.6) is 0 Å². The number of halogens is 3. The lowest BCUT2D eigenvalue weighted by molar-refractivity contribution is -0.137. The zero-order chi connectivity index (χ0) is 16.3. The molecule has 1 N–H and O–H groups in total. The normalized spacial score (nSPS) is 11.0. The molecule has 0 unspecified atom stereocenters. The van der Waals surface area contributed by atoms with Crippen LogP contribution in [0, 0.1) is 4.91 Å². The second kappa shape index (κ2) is 5.80. The number of carboxylic acid groups (broad SMARTS) is 1. The van der Waals surface area contributed by atoms with Gasteiger partial charge in [-0.2, -0.15) is 18.2 Å². The molecule has 0 aliphatic rings. The molecule has 2 aromatic rings. The maximum atomic E-state index is 12.7. The molecule has 6 nitrogen and oxygen atoms in total. The Morgan fingerprint density at radius 1 is 1.23 bits per heavy atom. The Hall–Kier alpha value is -2.97. The number of nitrogens with zero attached hydrogens (tertiary/aromatic N) is 3. The van der Waals surface area contributed by atoms with Crippen molar-refractivity contribution < 1.29 is 23.1 Å². The molecule has 0 fully saturated rings. The van der Waals surface area contributed by atoms with E-state index in [0.717, 1.165) is 18.2 Å². The third kappa shape index (κ3) is 3.03. The van der Waals surface area contributed by atoms with E-state index < -0.39 is 17.7 Å². The van der Waals surface area contributed by atoms with E-state index in [2.05, 4.69) is 10.3 Å². The van der Waals surface area contributed by atoms with Crippen molar-refractivity contribution in [3.8, 4) is 0 Å². The SMILES string of the molecule is O=NN(c1cccc(C(F)(F)F)c1)c1ncccc1C(=O)O. The maximum absolute atomic E-state index is 12.7. The molecule has 114 valence electrons. The average Bonchev–Trinajstić information content (AvgIpc) is 2.48. The third-order valence-electron chi connectivity index (χ3n) is 2.72. The molecule has 0 saturated carbocycles. The molecule has 22 heavy (non-hydrogen) atoms. The molecule has 1 aromatic carbocycles. The van der Waals surface area contributed by atoms with Crippen LogP contribution in [0.25, 0.3) is 0 Å². The summed E-state index contributed by atoms with van der Waals surface area (Å²) < 4.78 is 38.1. The van der Waals surface area contributed by atoms with Gasteiger partial charge >= 0.3 is 12.1 Å². The van der Waals surface area contributed by atoms with E-state index in [4.69, 9.17) is 5.11 Å². The fourth-order valence-corrected chi connectivity index (χ4v) is 1.75. The number of rotatable bonds is 4. The van der Waals surface area contributed by atoms with E-state index in [1.165, 1.54) is 18.3 Å².